The molecule has 0 fully saturated rings. The Labute approximate surface area is 290 Å². The molecule has 4 heteroatoms. The molecule has 5 rings (SSSR count). The molecule has 0 N–H and O–H groups in total. The van der Waals surface area contributed by atoms with Crippen molar-refractivity contribution in [3.63, 3.8) is 0 Å². The van der Waals surface area contributed by atoms with E-state index in [1.165, 1.54) is 11.1 Å². The predicted molar refractivity (Wildman–Crippen MR) is 202 cm³/mol. The van der Waals surface area contributed by atoms with Gasteiger partial charge in [0.15, 0.2) is 0 Å². The highest BCUT2D eigenvalue weighted by Crippen LogP contribution is 2.54. The normalized spacial score (nSPS) is 20.2. The number of amides is 2. The molecule has 3 aliphatic rings. The highest BCUT2D eigenvalue weighted by atomic mass is 16.2. The fourth-order valence-electron chi connectivity index (χ4n) is 7.51. The number of unbranched alkanes of at least 4 members (excludes halogenated alkanes) is 2. The molecule has 3 unspecified atom stereocenters. The summed E-state index contributed by atoms with van der Waals surface area (Å²) in [5.41, 5.74) is 8.65. The summed E-state index contributed by atoms with van der Waals surface area (Å²) < 4.78 is 0. The Morgan fingerprint density at radius 1 is 0.750 bits per heavy atom. The molecule has 2 aromatic rings. The van der Waals surface area contributed by atoms with Crippen LogP contribution in [0.4, 0.5) is 0 Å². The lowest BCUT2D eigenvalue weighted by atomic mass is 9.64. The lowest BCUT2D eigenvalue weighted by molar-refractivity contribution is -0.124. The fourth-order valence-corrected chi connectivity index (χ4v) is 7.51. The molecule has 0 spiro atoms. The van der Waals surface area contributed by atoms with E-state index in [1.807, 2.05) is 9.80 Å². The molecule has 4 nitrogen and oxygen atoms in total. The van der Waals surface area contributed by atoms with Gasteiger partial charge in [0.25, 0.3) is 11.8 Å². The Morgan fingerprint density at radius 3 is 1.81 bits per heavy atom. The van der Waals surface area contributed by atoms with Crippen molar-refractivity contribution in [3.05, 3.63) is 99.3 Å². The van der Waals surface area contributed by atoms with Gasteiger partial charge in [-0.2, -0.15) is 0 Å². The Morgan fingerprint density at radius 2 is 1.29 bits per heavy atom. The summed E-state index contributed by atoms with van der Waals surface area (Å²) in [4.78, 5) is 33.4. The number of hydrogen-bond donors (Lipinski definition) is 0. The zero-order chi connectivity index (χ0) is 34.6. The second-order valence-corrected chi connectivity index (χ2v) is 15.1. The zero-order valence-electron chi connectivity index (χ0n) is 30.9. The van der Waals surface area contributed by atoms with Crippen LogP contribution >= 0.6 is 0 Å². The van der Waals surface area contributed by atoms with Crippen molar-refractivity contribution >= 4 is 29.7 Å². The van der Waals surface area contributed by atoms with Crippen LogP contribution in [0.1, 0.15) is 123 Å². The molecule has 0 bridgehead atoms. The number of rotatable bonds is 16. The van der Waals surface area contributed by atoms with Gasteiger partial charge in [-0.3, -0.25) is 9.59 Å². The highest BCUT2D eigenvalue weighted by Gasteiger charge is 2.52. The Balaban J connectivity index is 1.59. The first-order valence-electron chi connectivity index (χ1n) is 18.8. The van der Waals surface area contributed by atoms with E-state index in [1.54, 1.807) is 0 Å². The van der Waals surface area contributed by atoms with Crippen LogP contribution < -0.4 is 0 Å². The average Bonchev–Trinajstić information content (AvgIpc) is 3.53. The first kappa shape index (κ1) is 35.6. The van der Waals surface area contributed by atoms with Crippen molar-refractivity contribution in [2.75, 3.05) is 13.1 Å². The summed E-state index contributed by atoms with van der Waals surface area (Å²) in [5.74, 6) is 0.996. The SMILES string of the molecule is CCCCC(C)CN1C(=O)C2=C(c3ccc(/C=C/c4ccc(CC)cc4)cc3)N(CC(CC)CCCC)C(=O)C2=C1C1=CC(C)(C)C1C. The van der Waals surface area contributed by atoms with E-state index in [0.717, 1.165) is 79.5 Å². The molecule has 0 aromatic heterocycles. The zero-order valence-corrected chi connectivity index (χ0v) is 30.9. The van der Waals surface area contributed by atoms with E-state index in [0.29, 0.717) is 36.1 Å². The third-order valence-corrected chi connectivity index (χ3v) is 11.1. The van der Waals surface area contributed by atoms with Crippen molar-refractivity contribution < 1.29 is 9.59 Å². The monoisotopic (exact) mass is 646 g/mol. The number of carbonyl (C=O) groups excluding carboxylic acids is 2. The minimum atomic E-state index is -0.00638. The maximum Gasteiger partial charge on any atom is 0.261 e. The maximum absolute atomic E-state index is 14.7. The van der Waals surface area contributed by atoms with Crippen molar-refractivity contribution in [2.45, 2.75) is 107 Å². The van der Waals surface area contributed by atoms with Gasteiger partial charge < -0.3 is 9.80 Å². The number of benzene rings is 2. The lowest BCUT2D eigenvalue weighted by Gasteiger charge is -2.43. The summed E-state index contributed by atoms with van der Waals surface area (Å²) in [6.07, 6.45) is 15.3. The van der Waals surface area contributed by atoms with Crippen LogP contribution in [0.25, 0.3) is 17.8 Å². The number of nitrogens with zero attached hydrogens (tertiary/aromatic N) is 2. The van der Waals surface area contributed by atoms with Gasteiger partial charge in [-0.05, 0) is 70.3 Å². The van der Waals surface area contributed by atoms with E-state index < -0.39 is 0 Å². The van der Waals surface area contributed by atoms with Crippen LogP contribution in [0.2, 0.25) is 0 Å². The first-order valence-corrected chi connectivity index (χ1v) is 18.8. The minimum absolute atomic E-state index is 0.000635. The molecule has 2 aliphatic heterocycles. The van der Waals surface area contributed by atoms with Gasteiger partial charge in [0, 0.05) is 13.1 Å². The third kappa shape index (κ3) is 7.19. The van der Waals surface area contributed by atoms with Gasteiger partial charge in [-0.15, -0.1) is 0 Å². The predicted octanol–water partition coefficient (Wildman–Crippen LogP) is 10.7. The number of allylic oxidation sites excluding steroid dienone is 2. The molecular formula is C44H58N2O2. The molecule has 2 amide bonds. The number of hydrogen-bond acceptors (Lipinski definition) is 2. The molecule has 1 aliphatic carbocycles. The highest BCUT2D eigenvalue weighted by molar-refractivity contribution is 6.26. The second-order valence-electron chi connectivity index (χ2n) is 15.1. The molecule has 2 aromatic carbocycles. The Hall–Kier alpha value is -3.66. The van der Waals surface area contributed by atoms with Gasteiger partial charge in [0.1, 0.15) is 0 Å². The van der Waals surface area contributed by atoms with Gasteiger partial charge in [-0.1, -0.05) is 154 Å². The molecule has 0 saturated heterocycles. The molecule has 3 atom stereocenters. The second kappa shape index (κ2) is 15.3. The Kier molecular flexibility index (Phi) is 11.3. The van der Waals surface area contributed by atoms with Crippen LogP contribution in [0, 0.1) is 23.2 Å². The van der Waals surface area contributed by atoms with Crippen LogP contribution in [-0.4, -0.2) is 34.7 Å². The van der Waals surface area contributed by atoms with Crippen molar-refractivity contribution in [1.82, 2.24) is 9.80 Å². The molecular weight excluding hydrogens is 588 g/mol. The van der Waals surface area contributed by atoms with Crippen molar-refractivity contribution in [2.24, 2.45) is 23.2 Å². The van der Waals surface area contributed by atoms with E-state index in [2.05, 4.69) is 122 Å². The van der Waals surface area contributed by atoms with Gasteiger partial charge >= 0.3 is 0 Å². The van der Waals surface area contributed by atoms with Crippen LogP contribution in [0.5, 0.6) is 0 Å². The van der Waals surface area contributed by atoms with E-state index in [4.69, 9.17) is 0 Å². The van der Waals surface area contributed by atoms with Crippen molar-refractivity contribution in [1.29, 1.82) is 0 Å². The number of carbonyl (C=O) groups is 2. The molecule has 256 valence electrons. The average molecular weight is 647 g/mol. The van der Waals surface area contributed by atoms with E-state index in [-0.39, 0.29) is 23.1 Å². The minimum Gasteiger partial charge on any atom is -0.307 e. The van der Waals surface area contributed by atoms with Gasteiger partial charge in [0.2, 0.25) is 0 Å². The molecule has 2 heterocycles. The summed E-state index contributed by atoms with van der Waals surface area (Å²) in [6, 6.07) is 17.1. The number of aryl methyl sites for hydroxylation is 1. The summed E-state index contributed by atoms with van der Waals surface area (Å²) in [5, 5.41) is 0. The topological polar surface area (TPSA) is 40.6 Å². The van der Waals surface area contributed by atoms with Gasteiger partial charge in [-0.25, -0.2) is 0 Å². The largest absolute Gasteiger partial charge is 0.307 e. The number of fused-ring (bicyclic) bond motifs is 1. The maximum atomic E-state index is 14.7. The summed E-state index contributed by atoms with van der Waals surface area (Å²) >= 11 is 0. The first-order chi connectivity index (χ1) is 23.0. The smallest absolute Gasteiger partial charge is 0.261 e. The van der Waals surface area contributed by atoms with Crippen molar-refractivity contribution in [3.8, 4) is 0 Å². The van der Waals surface area contributed by atoms with E-state index in [9.17, 15) is 9.59 Å². The van der Waals surface area contributed by atoms with Crippen LogP contribution in [-0.2, 0) is 16.0 Å². The van der Waals surface area contributed by atoms with Crippen LogP contribution in [0.15, 0.2) is 77.0 Å². The van der Waals surface area contributed by atoms with Crippen LogP contribution in [0.3, 0.4) is 0 Å². The third-order valence-electron chi connectivity index (χ3n) is 11.1. The standard InChI is InChI=1S/C44H58N2O2/c1-9-13-15-30(5)28-45-41(37-27-44(7,8)31(37)6)39-38(42(45)47)40(46(43(39)48)29-33(12-4)16-14-10-2)36-25-23-35(24-26-36)22-21-34-19-17-32(11-3)18-20-34/h17-27,30-31,33H,9-16,28-29H2,1-8H3/b22-21+. The quantitative estimate of drug-likeness (QED) is 0.170. The summed E-state index contributed by atoms with van der Waals surface area (Å²) in [6.45, 7) is 19.1. The fraction of sp³-hybridized carbons (Fsp3) is 0.500. The lowest BCUT2D eigenvalue weighted by Crippen LogP contribution is -2.39. The Bertz CT molecular complexity index is 1600. The molecule has 0 radical (unpaired) electrons. The molecule has 0 saturated carbocycles. The molecule has 48 heavy (non-hydrogen) atoms. The van der Waals surface area contributed by atoms with Gasteiger partial charge in [0.05, 0.1) is 22.5 Å². The van der Waals surface area contributed by atoms with E-state index >= 15 is 0 Å². The summed E-state index contributed by atoms with van der Waals surface area (Å²) in [7, 11) is 0.